The molecule has 0 aromatic heterocycles. The van der Waals surface area contributed by atoms with Gasteiger partial charge in [-0.15, -0.1) is 0 Å². The molecule has 1 rings (SSSR count). The van der Waals surface area contributed by atoms with Gasteiger partial charge in [0.15, 0.2) is 0 Å². The summed E-state index contributed by atoms with van der Waals surface area (Å²) in [5.41, 5.74) is 0. The van der Waals surface area contributed by atoms with Crippen LogP contribution in [-0.4, -0.2) is 34.5 Å². The number of hydrogen-bond donors (Lipinski definition) is 2. The zero-order chi connectivity index (χ0) is 12.7. The molecule has 96 valence electrons. The van der Waals surface area contributed by atoms with Gasteiger partial charge in [-0.3, -0.25) is 9.59 Å². The highest BCUT2D eigenvalue weighted by atomic mass is 31.1. The van der Waals surface area contributed by atoms with Crippen molar-refractivity contribution in [2.24, 2.45) is 0 Å². The highest BCUT2D eigenvalue weighted by molar-refractivity contribution is 7.62. The van der Waals surface area contributed by atoms with E-state index in [2.05, 4.69) is 6.08 Å². The Bertz CT molecular complexity index is 294. The molecule has 1 aliphatic rings. The topological polar surface area (TPSA) is 74.6 Å². The van der Waals surface area contributed by atoms with Crippen LogP contribution in [-0.2, 0) is 9.59 Å². The van der Waals surface area contributed by atoms with E-state index in [1.807, 2.05) is 0 Å². The summed E-state index contributed by atoms with van der Waals surface area (Å²) >= 11 is 0. The van der Waals surface area contributed by atoms with Crippen LogP contribution in [0.3, 0.4) is 0 Å². The average molecular weight is 258 g/mol. The summed E-state index contributed by atoms with van der Waals surface area (Å²) in [7, 11) is -0.544. The molecule has 0 saturated carbocycles. The van der Waals surface area contributed by atoms with Crippen LogP contribution in [0, 0.1) is 0 Å². The Morgan fingerprint density at radius 1 is 1.12 bits per heavy atom. The zero-order valence-electron chi connectivity index (χ0n) is 9.89. The number of allylic oxidation sites excluding steroid dienone is 2. The Kier molecular flexibility index (Phi) is 6.20. The van der Waals surface area contributed by atoms with Gasteiger partial charge >= 0.3 is 11.9 Å². The summed E-state index contributed by atoms with van der Waals surface area (Å²) in [5.74, 6) is -1.58. The molecule has 2 N–H and O–H groups in total. The van der Waals surface area contributed by atoms with Gasteiger partial charge in [-0.05, 0) is 38.0 Å². The van der Waals surface area contributed by atoms with E-state index in [1.165, 1.54) is 11.7 Å². The van der Waals surface area contributed by atoms with Crippen LogP contribution in [0.1, 0.15) is 38.5 Å². The summed E-state index contributed by atoms with van der Waals surface area (Å²) in [6.45, 7) is 0. The van der Waals surface area contributed by atoms with Crippen molar-refractivity contribution >= 4 is 19.9 Å². The van der Waals surface area contributed by atoms with Gasteiger partial charge in [-0.25, -0.2) is 0 Å². The fourth-order valence-electron chi connectivity index (χ4n) is 1.97. The Morgan fingerprint density at radius 3 is 2.12 bits per heavy atom. The van der Waals surface area contributed by atoms with Gasteiger partial charge in [0, 0.05) is 12.8 Å². The van der Waals surface area contributed by atoms with E-state index in [9.17, 15) is 9.59 Å². The Morgan fingerprint density at radius 2 is 1.71 bits per heavy atom. The number of aliphatic carboxylic acids is 2. The predicted molar refractivity (Wildman–Crippen MR) is 67.7 cm³/mol. The third kappa shape index (κ3) is 5.83. The minimum atomic E-state index is -0.788. The number of carboxylic acids is 2. The van der Waals surface area contributed by atoms with E-state index in [-0.39, 0.29) is 12.8 Å². The summed E-state index contributed by atoms with van der Waals surface area (Å²) in [5, 5.41) is 18.8. The van der Waals surface area contributed by atoms with Crippen molar-refractivity contribution in [1.82, 2.24) is 0 Å². The molecule has 0 saturated heterocycles. The fraction of sp³-hybridized carbons (Fsp3) is 0.667. The minimum absolute atomic E-state index is 0.155. The molecule has 0 aromatic carbocycles. The maximum absolute atomic E-state index is 10.6. The van der Waals surface area contributed by atoms with E-state index < -0.39 is 19.9 Å². The molecule has 0 heterocycles. The standard InChI is InChI=1S/C12H19O4P/c13-11(14)6-8-17(9-7-12(15)16)10-4-2-1-3-5-10/h4H,1-3,5-9H2,(H,13,14)(H,15,16). The Labute approximate surface area is 102 Å². The molecular formula is C12H19O4P. The highest BCUT2D eigenvalue weighted by Gasteiger charge is 2.17. The maximum atomic E-state index is 10.6. The number of carboxylic acid groups (broad SMARTS) is 2. The van der Waals surface area contributed by atoms with E-state index >= 15 is 0 Å². The zero-order valence-corrected chi connectivity index (χ0v) is 10.8. The van der Waals surface area contributed by atoms with E-state index in [0.717, 1.165) is 19.3 Å². The van der Waals surface area contributed by atoms with Crippen LogP contribution in [0.25, 0.3) is 0 Å². The molecule has 0 aliphatic heterocycles. The third-order valence-corrected chi connectivity index (χ3v) is 5.61. The van der Waals surface area contributed by atoms with Gasteiger partial charge in [0.2, 0.25) is 0 Å². The normalized spacial score (nSPS) is 15.7. The van der Waals surface area contributed by atoms with Crippen LogP contribution in [0.2, 0.25) is 0 Å². The summed E-state index contributed by atoms with van der Waals surface area (Å²) < 4.78 is 0. The Hall–Kier alpha value is -0.890. The van der Waals surface area contributed by atoms with Crippen molar-refractivity contribution < 1.29 is 19.8 Å². The fourth-order valence-corrected chi connectivity index (χ4v) is 4.55. The molecule has 4 nitrogen and oxygen atoms in total. The van der Waals surface area contributed by atoms with E-state index in [0.29, 0.717) is 12.3 Å². The molecule has 1 aliphatic carbocycles. The van der Waals surface area contributed by atoms with E-state index in [1.54, 1.807) is 0 Å². The predicted octanol–water partition coefficient (Wildman–Crippen LogP) is 2.88. The lowest BCUT2D eigenvalue weighted by Gasteiger charge is -2.22. The van der Waals surface area contributed by atoms with Gasteiger partial charge in [0.1, 0.15) is 0 Å². The van der Waals surface area contributed by atoms with Crippen LogP contribution < -0.4 is 0 Å². The second kappa shape index (κ2) is 7.44. The number of rotatable bonds is 7. The van der Waals surface area contributed by atoms with Gasteiger partial charge in [-0.1, -0.05) is 19.3 Å². The first-order valence-electron chi connectivity index (χ1n) is 5.97. The van der Waals surface area contributed by atoms with Crippen molar-refractivity contribution in [1.29, 1.82) is 0 Å². The van der Waals surface area contributed by atoms with Crippen molar-refractivity contribution in [3.8, 4) is 0 Å². The van der Waals surface area contributed by atoms with Crippen molar-refractivity contribution in [3.63, 3.8) is 0 Å². The van der Waals surface area contributed by atoms with Crippen molar-refractivity contribution in [3.05, 3.63) is 11.4 Å². The second-order valence-electron chi connectivity index (χ2n) is 4.22. The van der Waals surface area contributed by atoms with Crippen molar-refractivity contribution in [2.75, 3.05) is 12.3 Å². The van der Waals surface area contributed by atoms with Gasteiger partial charge < -0.3 is 10.2 Å². The summed E-state index contributed by atoms with van der Waals surface area (Å²) in [6, 6.07) is 0. The summed E-state index contributed by atoms with van der Waals surface area (Å²) in [6.07, 6.45) is 8.23. The lowest BCUT2D eigenvalue weighted by atomic mass is 10.1. The monoisotopic (exact) mass is 258 g/mol. The molecule has 0 bridgehead atoms. The average Bonchev–Trinajstić information content (AvgIpc) is 2.29. The highest BCUT2D eigenvalue weighted by Crippen LogP contribution is 2.49. The minimum Gasteiger partial charge on any atom is -0.481 e. The molecule has 0 aromatic rings. The van der Waals surface area contributed by atoms with Gasteiger partial charge in [-0.2, -0.15) is 0 Å². The van der Waals surface area contributed by atoms with Gasteiger partial charge in [0.05, 0.1) is 0 Å². The molecule has 0 fully saturated rings. The lowest BCUT2D eigenvalue weighted by Crippen LogP contribution is -2.05. The second-order valence-corrected chi connectivity index (χ2v) is 6.76. The van der Waals surface area contributed by atoms with Crippen LogP contribution in [0.5, 0.6) is 0 Å². The molecule has 0 radical (unpaired) electrons. The lowest BCUT2D eigenvalue weighted by molar-refractivity contribution is -0.137. The molecule has 0 spiro atoms. The number of hydrogen-bond acceptors (Lipinski definition) is 2. The van der Waals surface area contributed by atoms with Crippen LogP contribution in [0.4, 0.5) is 0 Å². The third-order valence-electron chi connectivity index (χ3n) is 2.86. The molecule has 5 heteroatoms. The Balaban J connectivity index is 2.53. The maximum Gasteiger partial charge on any atom is 0.303 e. The first-order valence-corrected chi connectivity index (χ1v) is 7.68. The SMILES string of the molecule is O=C(O)CCP(CCC(=O)O)C1=CCCCC1. The summed E-state index contributed by atoms with van der Waals surface area (Å²) in [4.78, 5) is 21.2. The largest absolute Gasteiger partial charge is 0.481 e. The van der Waals surface area contributed by atoms with Crippen LogP contribution >= 0.6 is 7.92 Å². The van der Waals surface area contributed by atoms with Gasteiger partial charge in [0.25, 0.3) is 0 Å². The van der Waals surface area contributed by atoms with Crippen LogP contribution in [0.15, 0.2) is 11.4 Å². The number of carbonyl (C=O) groups is 2. The quantitative estimate of drug-likeness (QED) is 0.688. The molecule has 0 atom stereocenters. The van der Waals surface area contributed by atoms with Crippen molar-refractivity contribution in [2.45, 2.75) is 38.5 Å². The first kappa shape index (κ1) is 14.2. The first-order chi connectivity index (χ1) is 8.09. The molecule has 0 unspecified atom stereocenters. The molecule has 17 heavy (non-hydrogen) atoms. The van der Waals surface area contributed by atoms with E-state index in [4.69, 9.17) is 10.2 Å². The molecular weight excluding hydrogens is 239 g/mol. The molecule has 0 amide bonds. The smallest absolute Gasteiger partial charge is 0.303 e.